The summed E-state index contributed by atoms with van der Waals surface area (Å²) in [5, 5.41) is 0. The molecule has 0 heterocycles. The molecule has 6 aliphatic carbocycles. The molecule has 2 radical (unpaired) electrons. The maximum atomic E-state index is 4.93. The van der Waals surface area contributed by atoms with Crippen LogP contribution >= 0.6 is 17.0 Å². The molecule has 6 fully saturated rings. The SMILES string of the molecule is CC1(C)C2CCC1(C)C1CCCC21.CC12CCC([C]3CCC[C]31)C2(C)C.[Cl][Zr][Cl]. The Morgan fingerprint density at radius 2 is 1.45 bits per heavy atom. The van der Waals surface area contributed by atoms with E-state index in [0.717, 1.165) is 23.7 Å². The topological polar surface area (TPSA) is 0 Å². The third-order valence-electron chi connectivity index (χ3n) is 11.9. The fourth-order valence-electron chi connectivity index (χ4n) is 9.67. The number of fused-ring (bicyclic) bond motifs is 10. The summed E-state index contributed by atoms with van der Waals surface area (Å²) in [6.45, 7) is 15.2. The second-order valence-electron chi connectivity index (χ2n) is 12.6. The Balaban J connectivity index is 0.000000125. The molecule has 0 spiro atoms. The van der Waals surface area contributed by atoms with E-state index in [4.69, 9.17) is 17.0 Å². The first kappa shape index (κ1) is 23.6. The van der Waals surface area contributed by atoms with Crippen LogP contribution in [0.4, 0.5) is 0 Å². The van der Waals surface area contributed by atoms with Crippen molar-refractivity contribution in [1.82, 2.24) is 0 Å². The molecular weight excluding hydrogens is 474 g/mol. The van der Waals surface area contributed by atoms with Gasteiger partial charge in [-0.1, -0.05) is 54.4 Å². The average molecular weight is 517 g/mol. The van der Waals surface area contributed by atoms with Crippen molar-refractivity contribution in [2.24, 2.45) is 45.3 Å². The summed E-state index contributed by atoms with van der Waals surface area (Å²) < 4.78 is 0. The van der Waals surface area contributed by atoms with Crippen molar-refractivity contribution in [2.75, 3.05) is 0 Å². The third kappa shape index (κ3) is 3.19. The zero-order valence-corrected chi connectivity index (χ0v) is 23.6. The minimum atomic E-state index is -0.826. The van der Waals surface area contributed by atoms with E-state index in [1.165, 1.54) is 51.4 Å². The van der Waals surface area contributed by atoms with Crippen LogP contribution in [0.15, 0.2) is 0 Å². The summed E-state index contributed by atoms with van der Waals surface area (Å²) in [7, 11) is 9.87. The molecule has 6 unspecified atom stereocenters. The van der Waals surface area contributed by atoms with E-state index in [1.807, 2.05) is 11.8 Å². The van der Waals surface area contributed by atoms with Gasteiger partial charge < -0.3 is 0 Å². The molecule has 6 aliphatic rings. The summed E-state index contributed by atoms with van der Waals surface area (Å²) in [5.74, 6) is 8.02. The van der Waals surface area contributed by atoms with Gasteiger partial charge in [-0.25, -0.2) is 0 Å². The van der Waals surface area contributed by atoms with Gasteiger partial charge in [0.15, 0.2) is 0 Å². The number of rotatable bonds is 0. The van der Waals surface area contributed by atoms with Crippen LogP contribution in [0.25, 0.3) is 0 Å². The number of hydrogen-bond donors (Lipinski definition) is 0. The van der Waals surface area contributed by atoms with Gasteiger partial charge >= 0.3 is 37.9 Å². The van der Waals surface area contributed by atoms with Crippen molar-refractivity contribution in [3.05, 3.63) is 11.8 Å². The van der Waals surface area contributed by atoms with Crippen molar-refractivity contribution in [2.45, 2.75) is 106 Å². The zero-order chi connectivity index (χ0) is 21.2. The Bertz CT molecular complexity index is 560. The molecule has 0 nitrogen and oxygen atoms in total. The van der Waals surface area contributed by atoms with Crippen molar-refractivity contribution in [3.63, 3.8) is 0 Å². The van der Waals surface area contributed by atoms with E-state index in [9.17, 15) is 0 Å². The summed E-state index contributed by atoms with van der Waals surface area (Å²) in [6.07, 6.45) is 14.9. The molecule has 0 aliphatic heterocycles. The van der Waals surface area contributed by atoms with Gasteiger partial charge in [0.1, 0.15) is 0 Å². The van der Waals surface area contributed by atoms with Gasteiger partial charge in [-0.2, -0.15) is 0 Å². The molecule has 6 rings (SSSR count). The first-order chi connectivity index (χ1) is 13.6. The molecule has 3 heteroatoms. The Morgan fingerprint density at radius 1 is 0.759 bits per heavy atom. The Morgan fingerprint density at radius 3 is 2.07 bits per heavy atom. The quantitative estimate of drug-likeness (QED) is 0.301. The molecule has 4 bridgehead atoms. The van der Waals surface area contributed by atoms with Crippen LogP contribution in [-0.2, 0) is 20.8 Å². The van der Waals surface area contributed by atoms with Gasteiger partial charge in [0.2, 0.25) is 0 Å². The first-order valence-electron chi connectivity index (χ1n) is 12.2. The fraction of sp³-hybridized carbons (Fsp3) is 0.923. The second-order valence-corrected chi connectivity index (χ2v) is 16.3. The monoisotopic (exact) mass is 514 g/mol. The second kappa shape index (κ2) is 8.05. The summed E-state index contributed by atoms with van der Waals surface area (Å²) in [6, 6.07) is 0. The molecule has 29 heavy (non-hydrogen) atoms. The predicted octanol–water partition coefficient (Wildman–Crippen LogP) is 9.01. The third-order valence-corrected chi connectivity index (χ3v) is 11.9. The van der Waals surface area contributed by atoms with Crippen LogP contribution in [0.2, 0.25) is 0 Å². The van der Waals surface area contributed by atoms with Gasteiger partial charge in [0.25, 0.3) is 0 Å². The normalized spacial score (nSPS) is 47.9. The molecule has 0 amide bonds. The van der Waals surface area contributed by atoms with Gasteiger partial charge in [-0.15, -0.1) is 0 Å². The van der Waals surface area contributed by atoms with Gasteiger partial charge in [-0.05, 0) is 109 Å². The molecule has 0 aromatic heterocycles. The van der Waals surface area contributed by atoms with E-state index in [0.29, 0.717) is 21.7 Å². The van der Waals surface area contributed by atoms with Gasteiger partial charge in [0, 0.05) is 0 Å². The average Bonchev–Trinajstić information content (AvgIpc) is 3.43. The first-order valence-corrected chi connectivity index (χ1v) is 18.6. The van der Waals surface area contributed by atoms with E-state index in [1.54, 1.807) is 12.8 Å². The number of halogens is 2. The van der Waals surface area contributed by atoms with Gasteiger partial charge in [-0.3, -0.25) is 0 Å². The van der Waals surface area contributed by atoms with Gasteiger partial charge in [0.05, 0.1) is 0 Å². The van der Waals surface area contributed by atoms with E-state index in [2.05, 4.69) is 41.5 Å². The van der Waals surface area contributed by atoms with Crippen LogP contribution in [0, 0.1) is 57.2 Å². The Labute approximate surface area is 199 Å². The predicted molar refractivity (Wildman–Crippen MR) is 122 cm³/mol. The molecular formula is C26H42Cl2Zr. The Hall–Kier alpha value is 1.46. The molecule has 0 saturated heterocycles. The van der Waals surface area contributed by atoms with Crippen LogP contribution in [0.5, 0.6) is 0 Å². The fourth-order valence-corrected chi connectivity index (χ4v) is 9.67. The van der Waals surface area contributed by atoms with Crippen molar-refractivity contribution in [3.8, 4) is 0 Å². The molecule has 0 N–H and O–H groups in total. The molecule has 164 valence electrons. The van der Waals surface area contributed by atoms with Crippen molar-refractivity contribution >= 4 is 17.0 Å². The van der Waals surface area contributed by atoms with Crippen LogP contribution in [-0.4, -0.2) is 0 Å². The molecule has 0 aromatic carbocycles. The maximum absolute atomic E-state index is 4.93. The van der Waals surface area contributed by atoms with E-state index in [-0.39, 0.29) is 0 Å². The van der Waals surface area contributed by atoms with Crippen LogP contribution in [0.1, 0.15) is 106 Å². The number of hydrogen-bond acceptors (Lipinski definition) is 0. The van der Waals surface area contributed by atoms with Crippen LogP contribution in [0.3, 0.4) is 0 Å². The summed E-state index contributed by atoms with van der Waals surface area (Å²) >= 11 is -0.826. The minimum absolute atomic E-state index is 0.581. The summed E-state index contributed by atoms with van der Waals surface area (Å²) in [5.41, 5.74) is 2.53. The van der Waals surface area contributed by atoms with Crippen LogP contribution < -0.4 is 0 Å². The standard InChI is InChI=1S/C13H22.C13H20.2ClH.Zr/c2*1-12(2)10-7-8-13(12,3)11-6-4-5-9(10)11;;;/h9-11H,4-8H2,1-3H3;10H,4-8H2,1-3H3;2*1H;/q;;;;+2/p-2. The molecule has 0 aromatic rings. The van der Waals surface area contributed by atoms with Crippen molar-refractivity contribution < 1.29 is 20.8 Å². The zero-order valence-electron chi connectivity index (χ0n) is 19.6. The van der Waals surface area contributed by atoms with Crippen molar-refractivity contribution in [1.29, 1.82) is 0 Å². The van der Waals surface area contributed by atoms with E-state index < -0.39 is 20.8 Å². The molecule has 6 saturated carbocycles. The Kier molecular flexibility index (Phi) is 6.55. The molecule has 6 atom stereocenters. The summed E-state index contributed by atoms with van der Waals surface area (Å²) in [4.78, 5) is 0. The van der Waals surface area contributed by atoms with E-state index >= 15 is 0 Å².